The Bertz CT molecular complexity index is 916. The van der Waals surface area contributed by atoms with E-state index in [4.69, 9.17) is 14.7 Å². The van der Waals surface area contributed by atoms with Crippen molar-refractivity contribution in [2.45, 2.75) is 6.54 Å². The van der Waals surface area contributed by atoms with Crippen molar-refractivity contribution in [3.05, 3.63) is 60.5 Å². The highest BCUT2D eigenvalue weighted by molar-refractivity contribution is 9.10. The second-order valence-electron chi connectivity index (χ2n) is 4.71. The predicted octanol–water partition coefficient (Wildman–Crippen LogP) is 2.17. The zero-order chi connectivity index (χ0) is 16.6. The van der Waals surface area contributed by atoms with Crippen LogP contribution in [0.1, 0.15) is 11.1 Å². The van der Waals surface area contributed by atoms with E-state index in [1.165, 1.54) is 0 Å². The predicted molar refractivity (Wildman–Crippen MR) is 81.4 cm³/mol. The number of halogens is 1. The third-order valence-electron chi connectivity index (χ3n) is 3.29. The second kappa shape index (κ2) is 5.73. The smallest absolute Gasteiger partial charge is 0.287 e. The van der Waals surface area contributed by atoms with Gasteiger partial charge in [-0.2, -0.15) is 5.26 Å². The molecule has 0 spiro atoms. The summed E-state index contributed by atoms with van der Waals surface area (Å²) in [7, 11) is 0. The normalized spacial score (nSPS) is 12.0. The third-order valence-corrected chi connectivity index (χ3v) is 4.02. The van der Waals surface area contributed by atoms with Crippen LogP contribution in [0.2, 0.25) is 0 Å². The Labute approximate surface area is 137 Å². The number of nitriles is 1. The zero-order valence-corrected chi connectivity index (χ0v) is 13.1. The van der Waals surface area contributed by atoms with Crippen LogP contribution in [0.5, 0.6) is 11.5 Å². The molecule has 1 aliphatic heterocycles. The highest BCUT2D eigenvalue weighted by atomic mass is 79.9. The third kappa shape index (κ3) is 2.76. The Hall–Kier alpha value is -2.86. The van der Waals surface area contributed by atoms with Crippen LogP contribution in [0.4, 0.5) is 5.69 Å². The van der Waals surface area contributed by atoms with E-state index in [1.807, 2.05) is 0 Å². The highest BCUT2D eigenvalue weighted by Crippen LogP contribution is 2.37. The van der Waals surface area contributed by atoms with Gasteiger partial charge in [0.05, 0.1) is 17.7 Å². The van der Waals surface area contributed by atoms with Crippen molar-refractivity contribution in [3.8, 4) is 17.6 Å². The van der Waals surface area contributed by atoms with Crippen LogP contribution >= 0.6 is 15.9 Å². The number of nitro groups is 1. The molecule has 9 heteroatoms. The Morgan fingerprint density at radius 2 is 2.04 bits per heavy atom. The number of benzene rings is 1. The van der Waals surface area contributed by atoms with Gasteiger partial charge in [0.25, 0.3) is 11.2 Å². The number of aromatic nitrogens is 1. The van der Waals surface area contributed by atoms with Gasteiger partial charge in [-0.25, -0.2) is 0 Å². The molecule has 1 aliphatic rings. The molecule has 3 rings (SSSR count). The monoisotopic (exact) mass is 377 g/mol. The van der Waals surface area contributed by atoms with Crippen LogP contribution in [0.25, 0.3) is 0 Å². The fourth-order valence-electron chi connectivity index (χ4n) is 2.18. The molecule has 0 N–H and O–H groups in total. The van der Waals surface area contributed by atoms with E-state index in [9.17, 15) is 14.9 Å². The summed E-state index contributed by atoms with van der Waals surface area (Å²) in [4.78, 5) is 22.5. The standard InChI is InChI=1S/C14H8BrN3O5/c15-11-3-13-12(22-7-23-13)2-9(11)5-17-6-10(18(20)21)1-8(4-16)14(17)19/h1-3,6H,5,7H2. The lowest BCUT2D eigenvalue weighted by Gasteiger charge is -2.09. The average molecular weight is 378 g/mol. The lowest BCUT2D eigenvalue weighted by Crippen LogP contribution is -2.23. The van der Waals surface area contributed by atoms with E-state index in [-0.39, 0.29) is 24.6 Å². The van der Waals surface area contributed by atoms with E-state index in [0.717, 1.165) is 16.8 Å². The number of hydrogen-bond donors (Lipinski definition) is 0. The minimum atomic E-state index is -0.647. The van der Waals surface area contributed by atoms with Gasteiger partial charge in [-0.3, -0.25) is 14.9 Å². The summed E-state index contributed by atoms with van der Waals surface area (Å²) in [6.07, 6.45) is 1.11. The second-order valence-corrected chi connectivity index (χ2v) is 5.57. The summed E-state index contributed by atoms with van der Waals surface area (Å²) in [5.41, 5.74) is -0.530. The van der Waals surface area contributed by atoms with E-state index in [2.05, 4.69) is 15.9 Å². The summed E-state index contributed by atoms with van der Waals surface area (Å²) < 4.78 is 12.3. The zero-order valence-electron chi connectivity index (χ0n) is 11.5. The van der Waals surface area contributed by atoms with Crippen molar-refractivity contribution in [3.63, 3.8) is 0 Å². The van der Waals surface area contributed by atoms with Gasteiger partial charge in [0, 0.05) is 10.5 Å². The Morgan fingerprint density at radius 3 is 2.70 bits per heavy atom. The minimum absolute atomic E-state index is 0.0480. The van der Waals surface area contributed by atoms with Crippen molar-refractivity contribution >= 4 is 21.6 Å². The summed E-state index contributed by atoms with van der Waals surface area (Å²) >= 11 is 3.37. The van der Waals surface area contributed by atoms with Gasteiger partial charge in [-0.15, -0.1) is 0 Å². The summed E-state index contributed by atoms with van der Waals surface area (Å²) in [6, 6.07) is 6.03. The van der Waals surface area contributed by atoms with Gasteiger partial charge in [0.1, 0.15) is 11.6 Å². The van der Waals surface area contributed by atoms with E-state index in [0.29, 0.717) is 21.5 Å². The largest absolute Gasteiger partial charge is 0.454 e. The molecule has 116 valence electrons. The number of ether oxygens (including phenoxy) is 2. The lowest BCUT2D eigenvalue weighted by molar-refractivity contribution is -0.385. The van der Waals surface area contributed by atoms with Gasteiger partial charge in [-0.1, -0.05) is 15.9 Å². The summed E-state index contributed by atoms with van der Waals surface area (Å²) in [5, 5.41) is 19.9. The van der Waals surface area contributed by atoms with E-state index < -0.39 is 10.5 Å². The van der Waals surface area contributed by atoms with Gasteiger partial charge < -0.3 is 14.0 Å². The van der Waals surface area contributed by atoms with Crippen molar-refractivity contribution in [1.29, 1.82) is 5.26 Å². The van der Waals surface area contributed by atoms with Crippen LogP contribution in [0.3, 0.4) is 0 Å². The van der Waals surface area contributed by atoms with E-state index in [1.54, 1.807) is 18.2 Å². The highest BCUT2D eigenvalue weighted by Gasteiger charge is 2.18. The first-order valence-corrected chi connectivity index (χ1v) is 7.16. The molecule has 0 unspecified atom stereocenters. The van der Waals surface area contributed by atoms with Crippen LogP contribution in [-0.4, -0.2) is 16.3 Å². The number of pyridine rings is 1. The molecule has 8 nitrogen and oxygen atoms in total. The summed E-state index contributed by atoms with van der Waals surface area (Å²) in [6.45, 7) is 0.160. The lowest BCUT2D eigenvalue weighted by atomic mass is 10.2. The Kier molecular flexibility index (Phi) is 3.75. The fourth-order valence-corrected chi connectivity index (χ4v) is 2.63. The molecule has 0 saturated carbocycles. The van der Waals surface area contributed by atoms with Gasteiger partial charge in [0.2, 0.25) is 6.79 Å². The Balaban J connectivity index is 2.07. The molecule has 2 heterocycles. The van der Waals surface area contributed by atoms with E-state index >= 15 is 0 Å². The number of nitrogens with zero attached hydrogens (tertiary/aromatic N) is 3. The number of hydrogen-bond acceptors (Lipinski definition) is 6. The molecule has 2 aromatic rings. The maximum absolute atomic E-state index is 12.2. The fraction of sp³-hybridized carbons (Fsp3) is 0.143. The van der Waals surface area contributed by atoms with Crippen LogP contribution < -0.4 is 15.0 Å². The van der Waals surface area contributed by atoms with Gasteiger partial charge in [-0.05, 0) is 17.7 Å². The first-order valence-electron chi connectivity index (χ1n) is 6.36. The molecule has 0 aliphatic carbocycles. The summed E-state index contributed by atoms with van der Waals surface area (Å²) in [5.74, 6) is 1.10. The first-order chi connectivity index (χ1) is 11.0. The van der Waals surface area contributed by atoms with Crippen LogP contribution in [0.15, 0.2) is 33.7 Å². The molecule has 1 aromatic carbocycles. The molecule has 0 amide bonds. The molecule has 0 saturated heterocycles. The molecular weight excluding hydrogens is 370 g/mol. The quantitative estimate of drug-likeness (QED) is 0.599. The maximum Gasteiger partial charge on any atom is 0.287 e. The van der Waals surface area contributed by atoms with Crippen LogP contribution in [-0.2, 0) is 6.54 Å². The van der Waals surface area contributed by atoms with Crippen molar-refractivity contribution < 1.29 is 14.4 Å². The molecule has 0 atom stereocenters. The Morgan fingerprint density at radius 1 is 1.35 bits per heavy atom. The van der Waals surface area contributed by atoms with Crippen LogP contribution in [0, 0.1) is 21.4 Å². The van der Waals surface area contributed by atoms with Gasteiger partial charge >= 0.3 is 0 Å². The minimum Gasteiger partial charge on any atom is -0.454 e. The van der Waals surface area contributed by atoms with Crippen molar-refractivity contribution in [2.24, 2.45) is 0 Å². The molecule has 0 fully saturated rings. The first kappa shape index (κ1) is 15.1. The van der Waals surface area contributed by atoms with Crippen molar-refractivity contribution in [2.75, 3.05) is 6.79 Å². The SMILES string of the molecule is N#Cc1cc([N+](=O)[O-])cn(Cc2cc3c(cc2Br)OCO3)c1=O. The number of fused-ring (bicyclic) bond motifs is 1. The molecular formula is C14H8BrN3O5. The molecule has 0 bridgehead atoms. The molecule has 23 heavy (non-hydrogen) atoms. The average Bonchev–Trinajstić information content (AvgIpc) is 2.96. The van der Waals surface area contributed by atoms with Crippen molar-refractivity contribution in [1.82, 2.24) is 4.57 Å². The van der Waals surface area contributed by atoms with Gasteiger partial charge in [0.15, 0.2) is 11.5 Å². The maximum atomic E-state index is 12.2. The molecule has 0 radical (unpaired) electrons. The molecule has 1 aromatic heterocycles. The number of rotatable bonds is 3. The topological polar surface area (TPSA) is 107 Å².